The summed E-state index contributed by atoms with van der Waals surface area (Å²) >= 11 is 0. The molecule has 1 aromatic carbocycles. The average Bonchev–Trinajstić information content (AvgIpc) is 2.27. The van der Waals surface area contributed by atoms with E-state index in [1.807, 2.05) is 25.1 Å². The van der Waals surface area contributed by atoms with E-state index in [1.54, 1.807) is 0 Å². The smallest absolute Gasteiger partial charge is 0.134 e. The van der Waals surface area contributed by atoms with Crippen molar-refractivity contribution in [1.82, 2.24) is 0 Å². The minimum Gasteiger partial charge on any atom is -0.461 e. The van der Waals surface area contributed by atoms with Crippen LogP contribution in [-0.4, -0.2) is 0 Å². The quantitative estimate of drug-likeness (QED) is 0.554. The fourth-order valence-electron chi connectivity index (χ4n) is 1.18. The molecule has 1 heterocycles. The highest BCUT2D eigenvalue weighted by atomic mass is 16.3. The van der Waals surface area contributed by atoms with Crippen LogP contribution >= 0.6 is 0 Å². The monoisotopic (exact) mass is 144 g/mol. The zero-order valence-corrected chi connectivity index (χ0v) is 6.29. The van der Waals surface area contributed by atoms with Gasteiger partial charge in [0.15, 0.2) is 0 Å². The third-order valence-electron chi connectivity index (χ3n) is 1.69. The maximum atomic E-state index is 5.47. The van der Waals surface area contributed by atoms with Crippen LogP contribution in [0.25, 0.3) is 11.0 Å². The van der Waals surface area contributed by atoms with Crippen LogP contribution in [0, 0.1) is 13.8 Å². The Morgan fingerprint density at radius 1 is 1.27 bits per heavy atom. The molecule has 0 fully saturated rings. The zero-order chi connectivity index (χ0) is 7.84. The predicted octanol–water partition coefficient (Wildman–Crippen LogP) is 2.80. The van der Waals surface area contributed by atoms with Crippen molar-refractivity contribution >= 4 is 11.0 Å². The summed E-state index contributed by atoms with van der Waals surface area (Å²) in [6.07, 6.45) is 0. The third kappa shape index (κ3) is 1.03. The van der Waals surface area contributed by atoms with Gasteiger partial charge in [-0.2, -0.15) is 0 Å². The van der Waals surface area contributed by atoms with Crippen LogP contribution in [0.1, 0.15) is 11.3 Å². The summed E-state index contributed by atoms with van der Waals surface area (Å²) in [7, 11) is 0. The molecule has 1 nitrogen and oxygen atoms in total. The Bertz CT molecular complexity index is 385. The largest absolute Gasteiger partial charge is 0.461 e. The Kier molecular flexibility index (Phi) is 1.25. The first-order chi connectivity index (χ1) is 5.25. The Balaban J connectivity index is 2.82. The molecule has 0 N–H and O–H groups in total. The highest BCUT2D eigenvalue weighted by Crippen LogP contribution is 2.19. The maximum Gasteiger partial charge on any atom is 0.134 e. The van der Waals surface area contributed by atoms with Crippen LogP contribution in [0.4, 0.5) is 0 Å². The topological polar surface area (TPSA) is 13.1 Å². The lowest BCUT2D eigenvalue weighted by molar-refractivity contribution is 0.595. The molecule has 0 atom stereocenters. The lowest BCUT2D eigenvalue weighted by Crippen LogP contribution is -1.67. The second-order valence-electron chi connectivity index (χ2n) is 2.69. The molecule has 0 spiro atoms. The molecule has 54 valence electrons. The average molecular weight is 144 g/mol. The Morgan fingerprint density at radius 2 is 2.09 bits per heavy atom. The minimum absolute atomic E-state index is 0.477. The number of rotatable bonds is 0. The molecule has 0 aliphatic carbocycles. The number of hydrogen-bond donors (Lipinski definition) is 0. The van der Waals surface area contributed by atoms with Gasteiger partial charge in [0.25, 0.3) is 0 Å². The summed E-state index contributed by atoms with van der Waals surface area (Å²) in [5.41, 5.74) is 2.08. The van der Waals surface area contributed by atoms with Crippen LogP contribution in [0.2, 0.25) is 0 Å². The molecule has 0 aliphatic heterocycles. The lowest BCUT2D eigenvalue weighted by Gasteiger charge is -1.89. The molecule has 1 heteroatoms. The van der Waals surface area contributed by atoms with Crippen LogP contribution < -0.4 is 0 Å². The summed E-state index contributed by atoms with van der Waals surface area (Å²) in [6.45, 7) is 7.52. The summed E-state index contributed by atoms with van der Waals surface area (Å²) in [4.78, 5) is 0. The van der Waals surface area contributed by atoms with Crippen molar-refractivity contribution in [3.8, 4) is 0 Å². The molecular weight excluding hydrogens is 136 g/mol. The van der Waals surface area contributed by atoms with E-state index in [0.717, 1.165) is 11.0 Å². The molecule has 0 amide bonds. The zero-order valence-electron chi connectivity index (χ0n) is 6.29. The summed E-state index contributed by atoms with van der Waals surface area (Å²) in [6, 6.07) is 7.82. The van der Waals surface area contributed by atoms with Gasteiger partial charge in [-0.3, -0.25) is 0 Å². The van der Waals surface area contributed by atoms with Gasteiger partial charge in [-0.25, -0.2) is 0 Å². The second kappa shape index (κ2) is 2.12. The molecule has 1 aromatic heterocycles. The fourth-order valence-corrected chi connectivity index (χ4v) is 1.18. The van der Waals surface area contributed by atoms with Gasteiger partial charge < -0.3 is 4.42 Å². The molecule has 0 aliphatic rings. The molecule has 2 rings (SSSR count). The van der Waals surface area contributed by atoms with E-state index in [2.05, 4.69) is 6.07 Å². The van der Waals surface area contributed by atoms with Crippen molar-refractivity contribution in [3.05, 3.63) is 42.5 Å². The van der Waals surface area contributed by atoms with Gasteiger partial charge in [0.1, 0.15) is 11.3 Å². The van der Waals surface area contributed by atoms with Gasteiger partial charge in [-0.05, 0) is 25.1 Å². The third-order valence-corrected chi connectivity index (χ3v) is 1.69. The summed E-state index contributed by atoms with van der Waals surface area (Å²) < 4.78 is 5.20. The van der Waals surface area contributed by atoms with Gasteiger partial charge in [0.05, 0.1) is 0 Å². The molecular formula is C10H8O. The first kappa shape index (κ1) is 6.47. The Labute approximate surface area is 65.6 Å². The van der Waals surface area contributed by atoms with Crippen molar-refractivity contribution < 1.29 is 4.42 Å². The van der Waals surface area contributed by atoms with Crippen molar-refractivity contribution in [2.75, 3.05) is 0 Å². The van der Waals surface area contributed by atoms with Gasteiger partial charge in [-0.1, -0.05) is 11.6 Å². The van der Waals surface area contributed by atoms with Gasteiger partial charge in [0, 0.05) is 12.3 Å². The minimum atomic E-state index is 0.477. The maximum absolute atomic E-state index is 5.47. The van der Waals surface area contributed by atoms with E-state index in [-0.39, 0.29) is 0 Å². The van der Waals surface area contributed by atoms with Crippen molar-refractivity contribution in [1.29, 1.82) is 0 Å². The van der Waals surface area contributed by atoms with E-state index < -0.39 is 0 Å². The SMILES string of the molecule is [CH]c1cc2cc(C)ccc2o1. The molecule has 0 unspecified atom stereocenters. The highest BCUT2D eigenvalue weighted by molar-refractivity contribution is 5.78. The van der Waals surface area contributed by atoms with E-state index in [9.17, 15) is 0 Å². The Hall–Kier alpha value is -1.24. The fraction of sp³-hybridized carbons (Fsp3) is 0.100. The predicted molar refractivity (Wildman–Crippen MR) is 44.4 cm³/mol. The first-order valence-corrected chi connectivity index (χ1v) is 3.51. The molecule has 0 saturated carbocycles. The number of benzene rings is 1. The lowest BCUT2D eigenvalue weighted by atomic mass is 10.2. The van der Waals surface area contributed by atoms with Crippen molar-refractivity contribution in [2.24, 2.45) is 0 Å². The normalized spacial score (nSPS) is 10.7. The van der Waals surface area contributed by atoms with Gasteiger partial charge >= 0.3 is 0 Å². The standard InChI is InChI=1S/C10H8O/c1-7-3-4-10-9(5-7)6-8(2)11-10/h2-6H,1H3. The summed E-state index contributed by atoms with van der Waals surface area (Å²) in [5.74, 6) is 0.477. The van der Waals surface area contributed by atoms with Crippen LogP contribution in [0.5, 0.6) is 0 Å². The molecule has 11 heavy (non-hydrogen) atoms. The molecule has 0 saturated heterocycles. The highest BCUT2D eigenvalue weighted by Gasteiger charge is 1.98. The van der Waals surface area contributed by atoms with Crippen molar-refractivity contribution in [3.63, 3.8) is 0 Å². The van der Waals surface area contributed by atoms with Crippen molar-refractivity contribution in [2.45, 2.75) is 6.92 Å². The van der Waals surface area contributed by atoms with E-state index >= 15 is 0 Å². The Morgan fingerprint density at radius 3 is 2.91 bits per heavy atom. The number of furan rings is 1. The van der Waals surface area contributed by atoms with Crippen LogP contribution in [-0.2, 0) is 0 Å². The van der Waals surface area contributed by atoms with Crippen LogP contribution in [0.15, 0.2) is 28.7 Å². The van der Waals surface area contributed by atoms with E-state index in [4.69, 9.17) is 11.3 Å². The molecule has 2 radical (unpaired) electrons. The van der Waals surface area contributed by atoms with E-state index in [1.165, 1.54) is 5.56 Å². The second-order valence-corrected chi connectivity index (χ2v) is 2.69. The number of fused-ring (bicyclic) bond motifs is 1. The molecule has 2 aromatic rings. The van der Waals surface area contributed by atoms with Gasteiger partial charge in [-0.15, -0.1) is 0 Å². The van der Waals surface area contributed by atoms with Gasteiger partial charge in [0.2, 0.25) is 0 Å². The summed E-state index contributed by atoms with van der Waals surface area (Å²) in [5, 5.41) is 1.07. The van der Waals surface area contributed by atoms with Crippen LogP contribution in [0.3, 0.4) is 0 Å². The number of hydrogen-bond acceptors (Lipinski definition) is 1. The van der Waals surface area contributed by atoms with E-state index in [0.29, 0.717) is 5.76 Å². The number of aryl methyl sites for hydroxylation is 1. The first-order valence-electron chi connectivity index (χ1n) is 3.51. The molecule has 0 bridgehead atoms.